The number of aliphatic hydroxyl groups is 1. The van der Waals surface area contributed by atoms with E-state index in [9.17, 15) is 14.7 Å². The molecule has 3 aromatic carbocycles. The van der Waals surface area contributed by atoms with Crippen LogP contribution in [0.15, 0.2) is 60.7 Å². The Balaban J connectivity index is 1.55. The first kappa shape index (κ1) is 30.2. The maximum Gasteiger partial charge on any atom is 0.410 e. The third-order valence-electron chi connectivity index (χ3n) is 6.89. The Bertz CT molecular complexity index is 1380. The van der Waals surface area contributed by atoms with Crippen molar-refractivity contribution in [2.45, 2.75) is 57.8 Å². The molecule has 1 amide bonds. The van der Waals surface area contributed by atoms with Gasteiger partial charge in [0.2, 0.25) is 0 Å². The zero-order chi connectivity index (χ0) is 29.7. The van der Waals surface area contributed by atoms with Gasteiger partial charge in [-0.15, -0.1) is 0 Å². The number of carbonyl (C=O) groups is 2. The fourth-order valence-corrected chi connectivity index (χ4v) is 4.99. The molecule has 1 N–H and O–H groups in total. The number of hydrogen-bond acceptors (Lipinski definition) is 7. The second-order valence-electron chi connectivity index (χ2n) is 11.0. The van der Waals surface area contributed by atoms with Crippen molar-refractivity contribution >= 4 is 23.7 Å². The van der Waals surface area contributed by atoms with Crippen LogP contribution >= 0.6 is 11.6 Å². The Hall–Kier alpha value is -3.75. The normalized spacial score (nSPS) is 15.3. The fourth-order valence-electron chi connectivity index (χ4n) is 4.86. The molecule has 41 heavy (non-hydrogen) atoms. The van der Waals surface area contributed by atoms with Crippen molar-refractivity contribution in [1.82, 2.24) is 4.90 Å². The number of halogens is 1. The minimum absolute atomic E-state index is 0.0824. The third kappa shape index (κ3) is 7.71. The number of ether oxygens (including phenoxy) is 4. The first-order valence-corrected chi connectivity index (χ1v) is 13.8. The van der Waals surface area contributed by atoms with Gasteiger partial charge in [0.25, 0.3) is 0 Å². The van der Waals surface area contributed by atoms with Crippen molar-refractivity contribution in [3.8, 4) is 17.2 Å². The lowest BCUT2D eigenvalue weighted by molar-refractivity contribution is 0.00194. The molecule has 0 heterocycles. The van der Waals surface area contributed by atoms with E-state index in [4.69, 9.17) is 30.5 Å². The van der Waals surface area contributed by atoms with Crippen LogP contribution in [-0.2, 0) is 22.3 Å². The Morgan fingerprint density at radius 2 is 1.68 bits per heavy atom. The van der Waals surface area contributed by atoms with Crippen molar-refractivity contribution in [2.75, 3.05) is 20.8 Å². The third-order valence-corrected chi connectivity index (χ3v) is 7.14. The quantitative estimate of drug-likeness (QED) is 0.294. The van der Waals surface area contributed by atoms with E-state index in [2.05, 4.69) is 0 Å². The SMILES string of the molecule is COC(=O)c1ccc(Oc2ccc3c(c2)C[C@@H](N(C[C@H](O)c2ccc(Cl)cc2)C(=O)OC(C)(C)C)CC3)cc1OC. The molecule has 0 saturated carbocycles. The van der Waals surface area contributed by atoms with Gasteiger partial charge in [0.05, 0.1) is 26.9 Å². The standard InChI is InChI=1S/C32H36ClNO7/c1-32(2,3)41-31(37)34(19-28(35)21-6-10-23(33)11-7-21)24-12-8-20-9-13-25(17-22(20)16-24)40-26-14-15-27(30(36)39-5)29(18-26)38-4/h6-7,9-11,13-15,17-18,24,28,35H,8,12,16,19H2,1-5H3/t24-,28-/m0/s1. The Morgan fingerprint density at radius 3 is 2.34 bits per heavy atom. The van der Waals surface area contributed by atoms with Gasteiger partial charge < -0.3 is 29.0 Å². The molecule has 1 aliphatic carbocycles. The van der Waals surface area contributed by atoms with Gasteiger partial charge in [0.1, 0.15) is 28.4 Å². The molecule has 0 radical (unpaired) electrons. The number of fused-ring (bicyclic) bond motifs is 1. The van der Waals surface area contributed by atoms with Crippen molar-refractivity contribution in [3.05, 3.63) is 87.9 Å². The summed E-state index contributed by atoms with van der Waals surface area (Å²) in [5.74, 6) is 0.967. The molecule has 0 saturated heterocycles. The summed E-state index contributed by atoms with van der Waals surface area (Å²) in [6.07, 6.45) is 0.691. The Labute approximate surface area is 245 Å². The minimum atomic E-state index is -0.904. The van der Waals surface area contributed by atoms with E-state index < -0.39 is 23.8 Å². The molecule has 0 aliphatic heterocycles. The van der Waals surface area contributed by atoms with Gasteiger partial charge in [0, 0.05) is 17.1 Å². The van der Waals surface area contributed by atoms with Crippen LogP contribution in [0.4, 0.5) is 4.79 Å². The molecule has 9 heteroatoms. The summed E-state index contributed by atoms with van der Waals surface area (Å²) in [4.78, 5) is 27.0. The second-order valence-corrected chi connectivity index (χ2v) is 11.4. The number of aliphatic hydroxyl groups excluding tert-OH is 1. The lowest BCUT2D eigenvalue weighted by Crippen LogP contribution is -2.47. The molecule has 0 aromatic heterocycles. The Kier molecular flexibility index (Phi) is 9.46. The van der Waals surface area contributed by atoms with E-state index in [0.717, 1.165) is 18.4 Å². The monoisotopic (exact) mass is 581 g/mol. The fraction of sp³-hybridized carbons (Fsp3) is 0.375. The second kappa shape index (κ2) is 12.8. The molecule has 0 bridgehead atoms. The average Bonchev–Trinajstić information content (AvgIpc) is 2.94. The predicted octanol–water partition coefficient (Wildman–Crippen LogP) is 6.76. The number of nitrogens with zero attached hydrogens (tertiary/aromatic N) is 1. The topological polar surface area (TPSA) is 94.5 Å². The number of aryl methyl sites for hydroxylation is 1. The summed E-state index contributed by atoms with van der Waals surface area (Å²) in [5.41, 5.74) is 2.52. The highest BCUT2D eigenvalue weighted by Crippen LogP contribution is 2.33. The molecule has 8 nitrogen and oxygen atoms in total. The van der Waals surface area contributed by atoms with Gasteiger partial charge in [-0.2, -0.15) is 0 Å². The van der Waals surface area contributed by atoms with E-state index in [0.29, 0.717) is 39.8 Å². The van der Waals surface area contributed by atoms with E-state index in [1.54, 1.807) is 47.4 Å². The van der Waals surface area contributed by atoms with Crippen molar-refractivity contribution in [3.63, 3.8) is 0 Å². The molecule has 0 fully saturated rings. The van der Waals surface area contributed by atoms with E-state index >= 15 is 0 Å². The first-order valence-electron chi connectivity index (χ1n) is 13.5. The summed E-state index contributed by atoms with van der Waals surface area (Å²) in [5, 5.41) is 11.6. The van der Waals surface area contributed by atoms with Crippen molar-refractivity contribution in [1.29, 1.82) is 0 Å². The number of benzene rings is 3. The number of rotatable bonds is 8. The maximum atomic E-state index is 13.4. The van der Waals surface area contributed by atoms with Crippen LogP contribution in [0, 0.1) is 0 Å². The van der Waals surface area contributed by atoms with Gasteiger partial charge in [-0.3, -0.25) is 0 Å². The van der Waals surface area contributed by atoms with E-state index in [1.807, 2.05) is 39.0 Å². The highest BCUT2D eigenvalue weighted by molar-refractivity contribution is 6.30. The van der Waals surface area contributed by atoms with Gasteiger partial charge in [-0.05, 0) is 93.1 Å². The molecule has 0 spiro atoms. The Morgan fingerprint density at radius 1 is 1.00 bits per heavy atom. The molecule has 218 valence electrons. The van der Waals surface area contributed by atoms with Crippen LogP contribution in [-0.4, -0.2) is 54.5 Å². The zero-order valence-corrected chi connectivity index (χ0v) is 24.7. The molecular weight excluding hydrogens is 546 g/mol. The smallest absolute Gasteiger partial charge is 0.410 e. The number of carbonyl (C=O) groups excluding carboxylic acids is 2. The van der Waals surface area contributed by atoms with Crippen LogP contribution < -0.4 is 9.47 Å². The summed E-state index contributed by atoms with van der Waals surface area (Å²) >= 11 is 6.02. The average molecular weight is 582 g/mol. The number of esters is 1. The largest absolute Gasteiger partial charge is 0.496 e. The highest BCUT2D eigenvalue weighted by atomic mass is 35.5. The number of hydrogen-bond donors (Lipinski definition) is 1. The zero-order valence-electron chi connectivity index (χ0n) is 24.0. The van der Waals surface area contributed by atoms with Gasteiger partial charge >= 0.3 is 12.1 Å². The van der Waals surface area contributed by atoms with Gasteiger partial charge in [0.15, 0.2) is 0 Å². The van der Waals surface area contributed by atoms with Crippen LogP contribution in [0.25, 0.3) is 0 Å². The van der Waals surface area contributed by atoms with Gasteiger partial charge in [-0.25, -0.2) is 9.59 Å². The number of methoxy groups -OCH3 is 2. The molecule has 3 aromatic rings. The van der Waals surface area contributed by atoms with Crippen molar-refractivity contribution in [2.24, 2.45) is 0 Å². The lowest BCUT2D eigenvalue weighted by atomic mass is 9.87. The molecule has 1 aliphatic rings. The number of amides is 1. The minimum Gasteiger partial charge on any atom is -0.496 e. The maximum absolute atomic E-state index is 13.4. The van der Waals surface area contributed by atoms with E-state index in [1.165, 1.54) is 19.8 Å². The first-order chi connectivity index (χ1) is 19.5. The molecule has 0 unspecified atom stereocenters. The molecule has 4 rings (SSSR count). The van der Waals surface area contributed by atoms with Crippen LogP contribution in [0.1, 0.15) is 60.3 Å². The lowest BCUT2D eigenvalue weighted by Gasteiger charge is -2.37. The van der Waals surface area contributed by atoms with Crippen LogP contribution in [0.3, 0.4) is 0 Å². The van der Waals surface area contributed by atoms with Crippen LogP contribution in [0.5, 0.6) is 17.2 Å². The van der Waals surface area contributed by atoms with E-state index in [-0.39, 0.29) is 12.6 Å². The summed E-state index contributed by atoms with van der Waals surface area (Å²) < 4.78 is 22.0. The predicted molar refractivity (Wildman–Crippen MR) is 156 cm³/mol. The van der Waals surface area contributed by atoms with Crippen LogP contribution in [0.2, 0.25) is 5.02 Å². The highest BCUT2D eigenvalue weighted by Gasteiger charge is 2.33. The molecule has 2 atom stereocenters. The molecular formula is C32H36ClNO7. The summed E-state index contributed by atoms with van der Waals surface area (Å²) in [6, 6.07) is 17.6. The van der Waals surface area contributed by atoms with Crippen molar-refractivity contribution < 1.29 is 33.6 Å². The van der Waals surface area contributed by atoms with Gasteiger partial charge in [-0.1, -0.05) is 29.8 Å². The summed E-state index contributed by atoms with van der Waals surface area (Å²) in [7, 11) is 2.79. The summed E-state index contributed by atoms with van der Waals surface area (Å²) in [6.45, 7) is 5.56.